The minimum absolute atomic E-state index is 0.172. The Labute approximate surface area is 121 Å². The number of aryl methyl sites for hydroxylation is 1. The van der Waals surface area contributed by atoms with Gasteiger partial charge in [0.1, 0.15) is 17.4 Å². The van der Waals surface area contributed by atoms with Gasteiger partial charge in [0.2, 0.25) is 0 Å². The SMILES string of the molecule is CCC(CNC(C)C)Oc1cccc2ccc(C)nc12. The van der Waals surface area contributed by atoms with Crippen LogP contribution < -0.4 is 10.1 Å². The number of aromatic nitrogens is 1. The lowest BCUT2D eigenvalue weighted by molar-refractivity contribution is 0.192. The molecule has 1 heterocycles. The Kier molecular flexibility index (Phi) is 4.96. The van der Waals surface area contributed by atoms with E-state index in [9.17, 15) is 0 Å². The molecule has 0 saturated heterocycles. The summed E-state index contributed by atoms with van der Waals surface area (Å²) in [6, 6.07) is 10.7. The first-order valence-electron chi connectivity index (χ1n) is 7.36. The third-order valence-corrected chi connectivity index (χ3v) is 3.33. The highest BCUT2D eigenvalue weighted by atomic mass is 16.5. The van der Waals surface area contributed by atoms with Gasteiger partial charge < -0.3 is 10.1 Å². The summed E-state index contributed by atoms with van der Waals surface area (Å²) < 4.78 is 6.16. The zero-order valence-electron chi connectivity index (χ0n) is 12.8. The van der Waals surface area contributed by atoms with Crippen molar-refractivity contribution in [1.82, 2.24) is 10.3 Å². The van der Waals surface area contributed by atoms with Crippen LogP contribution in [0.15, 0.2) is 30.3 Å². The zero-order valence-corrected chi connectivity index (χ0v) is 12.8. The van der Waals surface area contributed by atoms with Crippen molar-refractivity contribution in [3.05, 3.63) is 36.0 Å². The summed E-state index contributed by atoms with van der Waals surface area (Å²) in [6.07, 6.45) is 1.15. The number of hydrogen-bond donors (Lipinski definition) is 1. The first-order valence-corrected chi connectivity index (χ1v) is 7.36. The Balaban J connectivity index is 2.21. The summed E-state index contributed by atoms with van der Waals surface area (Å²) in [5, 5.41) is 4.56. The fraction of sp³-hybridized carbons (Fsp3) is 0.471. The van der Waals surface area contributed by atoms with Crippen molar-refractivity contribution in [2.45, 2.75) is 46.3 Å². The maximum absolute atomic E-state index is 6.16. The smallest absolute Gasteiger partial charge is 0.146 e. The van der Waals surface area contributed by atoms with E-state index < -0.39 is 0 Å². The van der Waals surface area contributed by atoms with Gasteiger partial charge in [0.05, 0.1) is 0 Å². The Bertz CT molecular complexity index is 566. The van der Waals surface area contributed by atoms with Crippen LogP contribution in [0.4, 0.5) is 0 Å². The molecule has 0 bridgehead atoms. The Morgan fingerprint density at radius 3 is 2.70 bits per heavy atom. The van der Waals surface area contributed by atoms with Gasteiger partial charge in [0, 0.05) is 23.7 Å². The molecule has 0 aliphatic rings. The monoisotopic (exact) mass is 272 g/mol. The van der Waals surface area contributed by atoms with E-state index in [1.807, 2.05) is 25.1 Å². The number of benzene rings is 1. The Hall–Kier alpha value is -1.61. The summed E-state index contributed by atoms with van der Waals surface area (Å²) >= 11 is 0. The predicted molar refractivity (Wildman–Crippen MR) is 84.3 cm³/mol. The molecule has 0 saturated carbocycles. The van der Waals surface area contributed by atoms with E-state index in [1.165, 1.54) is 0 Å². The molecule has 1 unspecified atom stereocenters. The highest BCUT2D eigenvalue weighted by molar-refractivity contribution is 5.84. The van der Waals surface area contributed by atoms with Crippen LogP contribution in [-0.4, -0.2) is 23.7 Å². The van der Waals surface area contributed by atoms with Gasteiger partial charge in [0.15, 0.2) is 0 Å². The molecule has 3 heteroatoms. The van der Waals surface area contributed by atoms with E-state index in [4.69, 9.17) is 4.74 Å². The van der Waals surface area contributed by atoms with Crippen LogP contribution in [0.25, 0.3) is 10.9 Å². The van der Waals surface area contributed by atoms with Gasteiger partial charge in [-0.2, -0.15) is 0 Å². The molecule has 108 valence electrons. The number of nitrogens with zero attached hydrogens (tertiary/aromatic N) is 1. The molecule has 0 fully saturated rings. The molecule has 0 radical (unpaired) electrons. The predicted octanol–water partition coefficient (Wildman–Crippen LogP) is 3.70. The number of hydrogen-bond acceptors (Lipinski definition) is 3. The van der Waals surface area contributed by atoms with Gasteiger partial charge in [-0.1, -0.05) is 39.0 Å². The van der Waals surface area contributed by atoms with Crippen LogP contribution in [0.2, 0.25) is 0 Å². The largest absolute Gasteiger partial charge is 0.487 e. The second kappa shape index (κ2) is 6.71. The van der Waals surface area contributed by atoms with E-state index in [1.54, 1.807) is 0 Å². The van der Waals surface area contributed by atoms with E-state index in [0.29, 0.717) is 6.04 Å². The third-order valence-electron chi connectivity index (χ3n) is 3.33. The van der Waals surface area contributed by atoms with Crippen molar-refractivity contribution in [3.8, 4) is 5.75 Å². The molecule has 0 aliphatic carbocycles. The summed E-state index contributed by atoms with van der Waals surface area (Å²) in [5.74, 6) is 0.878. The molecule has 3 nitrogen and oxygen atoms in total. The molecular weight excluding hydrogens is 248 g/mol. The number of pyridine rings is 1. The molecule has 2 aromatic rings. The molecule has 1 aromatic heterocycles. The van der Waals surface area contributed by atoms with Crippen molar-refractivity contribution in [2.24, 2.45) is 0 Å². The maximum atomic E-state index is 6.16. The second-order valence-electron chi connectivity index (χ2n) is 5.49. The van der Waals surface area contributed by atoms with Gasteiger partial charge in [-0.15, -0.1) is 0 Å². The highest BCUT2D eigenvalue weighted by Gasteiger charge is 2.11. The van der Waals surface area contributed by atoms with Crippen molar-refractivity contribution in [1.29, 1.82) is 0 Å². The molecule has 2 rings (SSSR count). The van der Waals surface area contributed by atoms with Crippen LogP contribution in [0.1, 0.15) is 32.9 Å². The quantitative estimate of drug-likeness (QED) is 0.870. The normalized spacial score (nSPS) is 12.8. The Morgan fingerprint density at radius 2 is 2.00 bits per heavy atom. The summed E-state index contributed by atoms with van der Waals surface area (Å²) in [5.41, 5.74) is 1.97. The minimum atomic E-state index is 0.172. The number of fused-ring (bicyclic) bond motifs is 1. The number of nitrogens with one attached hydrogen (secondary N) is 1. The van der Waals surface area contributed by atoms with Crippen molar-refractivity contribution >= 4 is 10.9 Å². The standard InChI is InChI=1S/C17H24N2O/c1-5-15(11-18-12(2)3)20-16-8-6-7-14-10-9-13(4)19-17(14)16/h6-10,12,15,18H,5,11H2,1-4H3. The van der Waals surface area contributed by atoms with Gasteiger partial charge >= 0.3 is 0 Å². The minimum Gasteiger partial charge on any atom is -0.487 e. The van der Waals surface area contributed by atoms with Gasteiger partial charge in [-0.05, 0) is 25.5 Å². The molecule has 1 aromatic carbocycles. The number of ether oxygens (including phenoxy) is 1. The molecule has 0 spiro atoms. The van der Waals surface area contributed by atoms with E-state index in [0.717, 1.165) is 35.3 Å². The molecule has 1 atom stereocenters. The maximum Gasteiger partial charge on any atom is 0.146 e. The zero-order chi connectivity index (χ0) is 14.5. The Morgan fingerprint density at radius 1 is 1.20 bits per heavy atom. The van der Waals surface area contributed by atoms with Crippen molar-refractivity contribution in [3.63, 3.8) is 0 Å². The number of rotatable bonds is 6. The summed E-state index contributed by atoms with van der Waals surface area (Å²) in [7, 11) is 0. The fourth-order valence-electron chi connectivity index (χ4n) is 2.13. The fourth-order valence-corrected chi connectivity index (χ4v) is 2.13. The van der Waals surface area contributed by atoms with Gasteiger partial charge in [-0.3, -0.25) is 0 Å². The van der Waals surface area contributed by atoms with E-state index >= 15 is 0 Å². The number of para-hydroxylation sites is 1. The van der Waals surface area contributed by atoms with Crippen molar-refractivity contribution < 1.29 is 4.74 Å². The van der Waals surface area contributed by atoms with Crippen LogP contribution in [-0.2, 0) is 0 Å². The average Bonchev–Trinajstić information content (AvgIpc) is 2.43. The van der Waals surface area contributed by atoms with Crippen LogP contribution in [0.5, 0.6) is 5.75 Å². The highest BCUT2D eigenvalue weighted by Crippen LogP contribution is 2.25. The molecule has 20 heavy (non-hydrogen) atoms. The van der Waals surface area contributed by atoms with Gasteiger partial charge in [0.25, 0.3) is 0 Å². The lowest BCUT2D eigenvalue weighted by Crippen LogP contribution is -2.34. The topological polar surface area (TPSA) is 34.1 Å². The van der Waals surface area contributed by atoms with Crippen LogP contribution in [0, 0.1) is 6.92 Å². The van der Waals surface area contributed by atoms with Crippen LogP contribution in [0.3, 0.4) is 0 Å². The first-order chi connectivity index (χ1) is 9.60. The summed E-state index contributed by atoms with van der Waals surface area (Å²) in [4.78, 5) is 4.61. The lowest BCUT2D eigenvalue weighted by Gasteiger charge is -2.20. The first kappa shape index (κ1) is 14.8. The van der Waals surface area contributed by atoms with Crippen molar-refractivity contribution in [2.75, 3.05) is 6.54 Å². The van der Waals surface area contributed by atoms with Crippen LogP contribution >= 0.6 is 0 Å². The van der Waals surface area contributed by atoms with Gasteiger partial charge in [-0.25, -0.2) is 4.98 Å². The molecular formula is C17H24N2O. The molecule has 1 N–H and O–H groups in total. The summed E-state index contributed by atoms with van der Waals surface area (Å²) in [6.45, 7) is 9.31. The third kappa shape index (κ3) is 3.70. The van der Waals surface area contributed by atoms with E-state index in [2.05, 4.69) is 43.2 Å². The van der Waals surface area contributed by atoms with E-state index in [-0.39, 0.29) is 6.10 Å². The molecule has 0 amide bonds. The molecule has 0 aliphatic heterocycles. The average molecular weight is 272 g/mol. The lowest BCUT2D eigenvalue weighted by atomic mass is 10.2. The second-order valence-corrected chi connectivity index (χ2v) is 5.49.